The van der Waals surface area contributed by atoms with Gasteiger partial charge in [0.05, 0.1) is 11.8 Å². The molecule has 0 saturated heterocycles. The predicted octanol–water partition coefficient (Wildman–Crippen LogP) is 3.07. The van der Waals surface area contributed by atoms with Gasteiger partial charge in [-0.3, -0.25) is 4.79 Å². The van der Waals surface area contributed by atoms with Crippen molar-refractivity contribution in [2.24, 2.45) is 5.92 Å². The summed E-state index contributed by atoms with van der Waals surface area (Å²) in [6.45, 7) is 3.98. The van der Waals surface area contributed by atoms with E-state index in [1.807, 2.05) is 48.6 Å². The summed E-state index contributed by atoms with van der Waals surface area (Å²) in [7, 11) is 0. The Labute approximate surface area is 159 Å². The van der Waals surface area contributed by atoms with E-state index in [9.17, 15) is 9.90 Å². The van der Waals surface area contributed by atoms with Crippen molar-refractivity contribution in [3.05, 3.63) is 71.8 Å². The van der Waals surface area contributed by atoms with Crippen molar-refractivity contribution in [3.8, 4) is 0 Å². The Morgan fingerprint density at radius 3 is 2.81 bits per heavy atom. The van der Waals surface area contributed by atoms with Crippen molar-refractivity contribution >= 4 is 17.3 Å². The highest BCUT2D eigenvalue weighted by Crippen LogP contribution is 2.30. The summed E-state index contributed by atoms with van der Waals surface area (Å²) >= 11 is 0. The first-order chi connectivity index (χ1) is 13.0. The SMILES string of the molecule is CC(=O)NC1=CCC(C)C(c2cc(NCC(O)c3ccccc3)ncn2)=C1. The van der Waals surface area contributed by atoms with Crippen molar-refractivity contribution in [2.45, 2.75) is 26.4 Å². The van der Waals surface area contributed by atoms with Crippen molar-refractivity contribution < 1.29 is 9.90 Å². The van der Waals surface area contributed by atoms with Crippen LogP contribution in [-0.4, -0.2) is 27.5 Å². The lowest BCUT2D eigenvalue weighted by atomic mass is 9.89. The van der Waals surface area contributed by atoms with Gasteiger partial charge in [-0.05, 0) is 29.6 Å². The number of hydrogen-bond acceptors (Lipinski definition) is 5. The van der Waals surface area contributed by atoms with E-state index in [1.54, 1.807) is 0 Å². The third-order valence-electron chi connectivity index (χ3n) is 4.48. The van der Waals surface area contributed by atoms with E-state index in [-0.39, 0.29) is 5.91 Å². The van der Waals surface area contributed by atoms with Crippen LogP contribution in [-0.2, 0) is 4.79 Å². The zero-order valence-electron chi connectivity index (χ0n) is 15.5. The lowest BCUT2D eigenvalue weighted by molar-refractivity contribution is -0.118. The minimum atomic E-state index is -0.619. The van der Waals surface area contributed by atoms with E-state index in [0.29, 0.717) is 18.3 Å². The van der Waals surface area contributed by atoms with E-state index >= 15 is 0 Å². The molecule has 27 heavy (non-hydrogen) atoms. The fourth-order valence-corrected chi connectivity index (χ4v) is 3.02. The number of nitrogens with one attached hydrogen (secondary N) is 2. The Bertz CT molecular complexity index is 861. The Balaban J connectivity index is 1.72. The largest absolute Gasteiger partial charge is 0.387 e. The van der Waals surface area contributed by atoms with Crippen molar-refractivity contribution in [1.82, 2.24) is 15.3 Å². The molecule has 1 amide bonds. The fraction of sp³-hybridized carbons (Fsp3) is 0.286. The minimum Gasteiger partial charge on any atom is -0.387 e. The summed E-state index contributed by atoms with van der Waals surface area (Å²) in [6, 6.07) is 11.4. The number of rotatable bonds is 6. The van der Waals surface area contributed by atoms with Gasteiger partial charge in [-0.1, -0.05) is 43.3 Å². The maximum absolute atomic E-state index is 11.3. The van der Waals surface area contributed by atoms with E-state index < -0.39 is 6.10 Å². The quantitative estimate of drug-likeness (QED) is 0.733. The number of allylic oxidation sites excluding steroid dienone is 3. The highest BCUT2D eigenvalue weighted by atomic mass is 16.3. The second kappa shape index (κ2) is 8.60. The van der Waals surface area contributed by atoms with Gasteiger partial charge in [-0.15, -0.1) is 0 Å². The first-order valence-corrected chi connectivity index (χ1v) is 9.01. The van der Waals surface area contributed by atoms with Gasteiger partial charge in [-0.2, -0.15) is 0 Å². The first-order valence-electron chi connectivity index (χ1n) is 9.01. The second-order valence-electron chi connectivity index (χ2n) is 6.67. The van der Waals surface area contributed by atoms with Gasteiger partial charge < -0.3 is 15.7 Å². The highest BCUT2D eigenvalue weighted by Gasteiger charge is 2.18. The normalized spacial score (nSPS) is 17.5. The van der Waals surface area contributed by atoms with Crippen LogP contribution < -0.4 is 10.6 Å². The van der Waals surface area contributed by atoms with Crippen LogP contribution in [0.3, 0.4) is 0 Å². The summed E-state index contributed by atoms with van der Waals surface area (Å²) in [5, 5.41) is 16.3. The first kappa shape index (κ1) is 18.8. The van der Waals surface area contributed by atoms with Crippen LogP contribution in [0, 0.1) is 5.92 Å². The van der Waals surface area contributed by atoms with Crippen LogP contribution in [0.2, 0.25) is 0 Å². The molecule has 2 unspecified atom stereocenters. The molecule has 0 fully saturated rings. The monoisotopic (exact) mass is 364 g/mol. The smallest absolute Gasteiger partial charge is 0.221 e. The van der Waals surface area contributed by atoms with Crippen LogP contribution in [0.5, 0.6) is 0 Å². The van der Waals surface area contributed by atoms with Gasteiger partial charge >= 0.3 is 0 Å². The Morgan fingerprint density at radius 2 is 2.07 bits per heavy atom. The van der Waals surface area contributed by atoms with Gasteiger partial charge in [0.25, 0.3) is 0 Å². The lowest BCUT2D eigenvalue weighted by Crippen LogP contribution is -2.20. The third kappa shape index (κ3) is 5.01. The molecule has 2 aromatic rings. The molecule has 3 N–H and O–H groups in total. The van der Waals surface area contributed by atoms with Crippen molar-refractivity contribution in [3.63, 3.8) is 0 Å². The summed E-state index contributed by atoms with van der Waals surface area (Å²) < 4.78 is 0. The van der Waals surface area contributed by atoms with Gasteiger partial charge in [0, 0.05) is 25.2 Å². The van der Waals surface area contributed by atoms with Crippen LogP contribution in [0.15, 0.2) is 60.6 Å². The van der Waals surface area contributed by atoms with Gasteiger partial charge in [0.1, 0.15) is 12.1 Å². The summed E-state index contributed by atoms with van der Waals surface area (Å²) in [6.07, 6.45) is 5.70. The summed E-state index contributed by atoms with van der Waals surface area (Å²) in [5.74, 6) is 0.852. The molecule has 1 aliphatic rings. The fourth-order valence-electron chi connectivity index (χ4n) is 3.02. The number of aliphatic hydroxyl groups excluding tert-OH is 1. The average Bonchev–Trinajstić information content (AvgIpc) is 2.68. The number of carbonyl (C=O) groups excluding carboxylic acids is 1. The molecule has 0 spiro atoms. The van der Waals surface area contributed by atoms with Gasteiger partial charge in [-0.25, -0.2) is 9.97 Å². The summed E-state index contributed by atoms with van der Waals surface area (Å²) in [5.41, 5.74) is 3.51. The average molecular weight is 364 g/mol. The van der Waals surface area contributed by atoms with Crippen LogP contribution in [0.25, 0.3) is 5.57 Å². The molecule has 0 bridgehead atoms. The molecule has 6 heteroatoms. The van der Waals surface area contributed by atoms with Crippen LogP contribution >= 0.6 is 0 Å². The maximum atomic E-state index is 11.3. The van der Waals surface area contributed by atoms with Crippen LogP contribution in [0.4, 0.5) is 5.82 Å². The molecule has 140 valence electrons. The number of carbonyl (C=O) groups is 1. The van der Waals surface area contributed by atoms with E-state index in [0.717, 1.165) is 28.9 Å². The minimum absolute atomic E-state index is 0.0913. The molecular formula is C21H24N4O2. The summed E-state index contributed by atoms with van der Waals surface area (Å²) in [4.78, 5) is 20.0. The number of amides is 1. The maximum Gasteiger partial charge on any atom is 0.221 e. The molecular weight excluding hydrogens is 340 g/mol. The molecule has 1 aromatic carbocycles. The number of hydrogen-bond donors (Lipinski definition) is 3. The van der Waals surface area contributed by atoms with Gasteiger partial charge in [0.15, 0.2) is 0 Å². The van der Waals surface area contributed by atoms with Crippen molar-refractivity contribution in [2.75, 3.05) is 11.9 Å². The number of aliphatic hydroxyl groups is 1. The predicted molar refractivity (Wildman–Crippen MR) is 106 cm³/mol. The number of anilines is 1. The molecule has 0 aliphatic heterocycles. The zero-order valence-corrected chi connectivity index (χ0v) is 15.5. The standard InChI is InChI=1S/C21H24N4O2/c1-14-8-9-17(25-15(2)26)10-18(14)19-11-21(24-13-23-19)22-12-20(27)16-6-4-3-5-7-16/h3-7,9-11,13-14,20,27H,8,12H2,1-2H3,(H,25,26)(H,22,23,24). The lowest BCUT2D eigenvalue weighted by Gasteiger charge is -2.20. The Morgan fingerprint density at radius 1 is 1.30 bits per heavy atom. The number of benzene rings is 1. The number of nitrogens with zero attached hydrogens (tertiary/aromatic N) is 2. The van der Waals surface area contributed by atoms with Crippen LogP contribution in [0.1, 0.15) is 37.6 Å². The van der Waals surface area contributed by atoms with E-state index in [2.05, 4.69) is 27.5 Å². The second-order valence-corrected chi connectivity index (χ2v) is 6.67. The number of aromatic nitrogens is 2. The van der Waals surface area contributed by atoms with E-state index in [1.165, 1.54) is 13.3 Å². The zero-order chi connectivity index (χ0) is 19.2. The highest BCUT2D eigenvalue weighted by molar-refractivity contribution is 5.78. The van der Waals surface area contributed by atoms with Gasteiger partial charge in [0.2, 0.25) is 5.91 Å². The Kier molecular flexibility index (Phi) is 5.98. The van der Waals surface area contributed by atoms with E-state index in [4.69, 9.17) is 0 Å². The molecule has 1 aliphatic carbocycles. The third-order valence-corrected chi connectivity index (χ3v) is 4.48. The molecule has 2 atom stereocenters. The molecule has 0 radical (unpaired) electrons. The van der Waals surface area contributed by atoms with Crippen molar-refractivity contribution in [1.29, 1.82) is 0 Å². The molecule has 1 heterocycles. The topological polar surface area (TPSA) is 87.1 Å². The molecule has 3 rings (SSSR count). The Hall–Kier alpha value is -2.99. The molecule has 1 aromatic heterocycles. The molecule has 0 saturated carbocycles. The molecule has 6 nitrogen and oxygen atoms in total.